The fourth-order valence-electron chi connectivity index (χ4n) is 0. The molecule has 0 aromatic rings. The molecule has 0 rings (SSSR count). The molecule has 100 heteroatoms. The quantitative estimate of drug-likeness (QED) is 0.112. The molecular formula is H280N80O20. The Morgan fingerprint density at radius 1 is 0.0200 bits per heavy atom. The van der Waals surface area contributed by atoms with Crippen molar-refractivity contribution in [2.24, 2.45) is 0 Å². The van der Waals surface area contributed by atoms with E-state index in [-0.39, 0.29) is 602 Å². The van der Waals surface area contributed by atoms with E-state index in [2.05, 4.69) is 0 Å². The van der Waals surface area contributed by atoms with Gasteiger partial charge in [0.2, 0.25) is 0 Å². The van der Waals surface area contributed by atoms with E-state index in [1.165, 1.54) is 0 Å². The maximum absolute atomic E-state index is 0. The molecule has 280 N–H and O–H groups in total. The highest BCUT2D eigenvalue weighted by Crippen LogP contribution is -0.259. The highest BCUT2D eigenvalue weighted by atomic mass is 16.0. The lowest BCUT2D eigenvalue weighted by molar-refractivity contribution is 0.823. The van der Waals surface area contributed by atoms with Gasteiger partial charge in [0.1, 0.15) is 0 Å². The van der Waals surface area contributed by atoms with Crippen LogP contribution in [0.25, 0.3) is 0 Å². The summed E-state index contributed by atoms with van der Waals surface area (Å²) in [6.45, 7) is 0. The summed E-state index contributed by atoms with van der Waals surface area (Å²) in [7, 11) is 0. The third-order valence-corrected chi connectivity index (χ3v) is 0. The first-order chi connectivity index (χ1) is 0. The molecule has 0 aliphatic rings. The van der Waals surface area contributed by atoms with Gasteiger partial charge < -0.3 is 602 Å². The summed E-state index contributed by atoms with van der Waals surface area (Å²) in [6, 6.07) is 0. The Hall–Kier alpha value is -4.00. The number of hydrogen-bond acceptors (Lipinski definition) is 80. The monoisotopic (exact) mass is 1720 g/mol. The third kappa shape index (κ3) is 50800. The van der Waals surface area contributed by atoms with Gasteiger partial charge in [-0.3, -0.25) is 0 Å². The van der Waals surface area contributed by atoms with Crippen LogP contribution in [0, 0.1) is 0 Å². The first-order valence-corrected chi connectivity index (χ1v) is 0. The zero-order valence-corrected chi connectivity index (χ0v) is 66.6. The fraction of sp³-hybridized carbons (Fsp3) is 0. The third-order valence-electron chi connectivity index (χ3n) is 0. The highest BCUT2D eigenvalue weighted by molar-refractivity contribution is 2.21. The molecule has 100 nitrogen and oxygen atoms in total. The Labute approximate surface area is 602 Å². The smallest absolute Gasteiger partial charge is 0.344 e. The fourth-order valence-corrected chi connectivity index (χ4v) is 0. The van der Waals surface area contributed by atoms with Crippen molar-refractivity contribution in [2.75, 3.05) is 0 Å². The summed E-state index contributed by atoms with van der Waals surface area (Å²) in [5, 5.41) is 0. The van der Waals surface area contributed by atoms with Gasteiger partial charge in [0.15, 0.2) is 0 Å². The number of rotatable bonds is 0. The Morgan fingerprint density at radius 3 is 0.0200 bits per heavy atom. The minimum Gasteiger partial charge on any atom is -0.412 e. The van der Waals surface area contributed by atoms with E-state index >= 15 is 0 Å². The van der Waals surface area contributed by atoms with Gasteiger partial charge in [-0.25, -0.2) is 0 Å². The van der Waals surface area contributed by atoms with Gasteiger partial charge in [-0.1, -0.05) is 0 Å². The Morgan fingerprint density at radius 2 is 0.0200 bits per heavy atom. The molecule has 0 aliphatic carbocycles. The van der Waals surface area contributed by atoms with Crippen molar-refractivity contribution in [3.05, 3.63) is 0 Å². The standard InChI is InChI=1S/80H3N.20H2O/h80*1H3;20*1H2. The topological polar surface area (TPSA) is 3430 Å². The van der Waals surface area contributed by atoms with Crippen LogP contribution in [0.15, 0.2) is 0 Å². The van der Waals surface area contributed by atoms with Crippen molar-refractivity contribution in [1.29, 1.82) is 0 Å². The molecular weight excluding hydrogens is 1440 g/mol. The van der Waals surface area contributed by atoms with Crippen LogP contribution in [-0.2, 0) is 0 Å². The molecule has 0 unspecified atom stereocenters. The van der Waals surface area contributed by atoms with Crippen molar-refractivity contribution >= 4 is 0 Å². The molecule has 0 heterocycles. The summed E-state index contributed by atoms with van der Waals surface area (Å²) in [4.78, 5) is 0. The first kappa shape index (κ1) is 54100. The van der Waals surface area contributed by atoms with Gasteiger partial charge in [-0.05, 0) is 0 Å². The molecule has 0 atom stereocenters. The molecule has 0 amide bonds. The Bertz CT molecular complexity index is 72.2. The molecule has 0 radical (unpaired) electrons. The summed E-state index contributed by atoms with van der Waals surface area (Å²) >= 11 is 0. The normalized spacial score (nSPS) is 0. The van der Waals surface area contributed by atoms with E-state index in [0.29, 0.717) is 0 Å². The lowest BCUT2D eigenvalue weighted by Gasteiger charge is -0.413. The van der Waals surface area contributed by atoms with E-state index in [4.69, 9.17) is 0 Å². The van der Waals surface area contributed by atoms with Gasteiger partial charge >= 0.3 is 0 Å². The predicted octanol–water partition coefficient (Wildman–Crippen LogP) is -3.53. The summed E-state index contributed by atoms with van der Waals surface area (Å²) in [5.74, 6) is 0. The summed E-state index contributed by atoms with van der Waals surface area (Å²) in [5.41, 5.74) is 0. The zero-order valence-electron chi connectivity index (χ0n) is 66.6. The molecule has 0 saturated carbocycles. The predicted molar refractivity (Wildman–Crippen MR) is 474 cm³/mol. The van der Waals surface area contributed by atoms with Crippen LogP contribution >= 0.6 is 0 Å². The van der Waals surface area contributed by atoms with Crippen molar-refractivity contribution in [3.8, 4) is 0 Å². The minimum atomic E-state index is 0. The van der Waals surface area contributed by atoms with Gasteiger partial charge in [0.25, 0.3) is 0 Å². The van der Waals surface area contributed by atoms with Crippen molar-refractivity contribution < 1.29 is 110 Å². The maximum Gasteiger partial charge on any atom is -0.344 e. The SMILES string of the molecule is N.N.N.N.N.N.N.N.N.N.N.N.N.N.N.N.N.N.N.N.N.N.N.N.N.N.N.N.N.N.N.N.N.N.N.N.N.N.N.N.N.N.N.N.N.N.N.N.N.N.N.N.N.N.N.N.N.N.N.N.N.N.N.N.N.N.N.N.N.N.N.N.N.N.N.N.N.N.N.N.O.O.O.O.O.O.O.O.O.O.O.O.O.O.O.O.O.O.O.O. The highest BCUT2D eigenvalue weighted by Gasteiger charge is -0.253. The summed E-state index contributed by atoms with van der Waals surface area (Å²) in [6.07, 6.45) is 0. The molecule has 0 bridgehead atoms. The van der Waals surface area contributed by atoms with Crippen LogP contribution in [-0.4, -0.2) is 110 Å². The van der Waals surface area contributed by atoms with Crippen LogP contribution in [0.4, 0.5) is 0 Å². The largest absolute Gasteiger partial charge is 0.412 e. The van der Waals surface area contributed by atoms with Gasteiger partial charge in [-0.15, -0.1) is 0 Å². The van der Waals surface area contributed by atoms with Gasteiger partial charge in [-0.2, -0.15) is 0 Å². The second-order valence-electron chi connectivity index (χ2n) is 0. The first-order valence-electron chi connectivity index (χ1n) is 0. The van der Waals surface area contributed by atoms with Gasteiger partial charge in [0, 0.05) is 0 Å². The molecule has 800 valence electrons. The average molecular weight is 1720 g/mol. The second kappa shape index (κ2) is 52500. The lowest BCUT2D eigenvalue weighted by atomic mass is 14.0. The molecule has 0 saturated heterocycles. The van der Waals surface area contributed by atoms with E-state index in [1.54, 1.807) is 0 Å². The summed E-state index contributed by atoms with van der Waals surface area (Å²) < 4.78 is 0. The molecule has 0 aromatic carbocycles. The lowest BCUT2D eigenvalue weighted by Crippen LogP contribution is -0.482. The molecule has 0 fully saturated rings. The van der Waals surface area contributed by atoms with E-state index in [0.717, 1.165) is 0 Å². The second-order valence-corrected chi connectivity index (χ2v) is 0. The molecule has 0 aliphatic heterocycles. The van der Waals surface area contributed by atoms with Crippen molar-refractivity contribution in [2.45, 2.75) is 0 Å². The van der Waals surface area contributed by atoms with Crippen LogP contribution in [0.2, 0.25) is 0 Å². The molecule has 100 heavy (non-hydrogen) atoms. The molecule has 0 aromatic heterocycles. The number of hydrogen-bond donors (Lipinski definition) is 80. The minimum absolute atomic E-state index is 0. The Balaban J connectivity index is 0. The van der Waals surface area contributed by atoms with E-state index < -0.39 is 0 Å². The van der Waals surface area contributed by atoms with E-state index in [9.17, 15) is 0 Å². The van der Waals surface area contributed by atoms with Crippen LogP contribution in [0.3, 0.4) is 0 Å². The average Bonchev–Trinajstić information content (AvgIpc) is 0. The van der Waals surface area contributed by atoms with Crippen molar-refractivity contribution in [3.63, 3.8) is 0 Å². The zero-order chi connectivity index (χ0) is 0. The van der Waals surface area contributed by atoms with Crippen molar-refractivity contribution in [1.82, 2.24) is 492 Å². The van der Waals surface area contributed by atoms with Crippen LogP contribution in [0.1, 0.15) is 0 Å². The molecule has 0 spiro atoms. The van der Waals surface area contributed by atoms with Crippen LogP contribution < -0.4 is 492 Å². The maximum atomic E-state index is 0. The van der Waals surface area contributed by atoms with Crippen LogP contribution in [0.5, 0.6) is 0 Å². The Kier molecular flexibility index (Phi) is 28400000. The van der Waals surface area contributed by atoms with E-state index in [1.807, 2.05) is 0 Å². The van der Waals surface area contributed by atoms with Gasteiger partial charge in [0.05, 0.1) is 0 Å².